The molecule has 0 amide bonds. The van der Waals surface area contributed by atoms with Gasteiger partial charge in [0.25, 0.3) is 5.19 Å². The highest BCUT2D eigenvalue weighted by Crippen LogP contribution is 2.31. The molecule has 0 aliphatic carbocycles. The second kappa shape index (κ2) is 11.6. The Morgan fingerprint density at radius 1 is 0.903 bits per heavy atom. The van der Waals surface area contributed by atoms with Crippen molar-refractivity contribution in [2.24, 2.45) is 0 Å². The van der Waals surface area contributed by atoms with Crippen LogP contribution in [0.15, 0.2) is 36.4 Å². The zero-order valence-corrected chi connectivity index (χ0v) is 20.9. The lowest BCUT2D eigenvalue weighted by molar-refractivity contribution is 0.284. The summed E-state index contributed by atoms with van der Waals surface area (Å²) >= 11 is 1.29. The van der Waals surface area contributed by atoms with Crippen LogP contribution in [0.25, 0.3) is 11.4 Å². The first-order chi connectivity index (χ1) is 14.3. The number of aromatic nitrogens is 2. The predicted octanol–water partition coefficient (Wildman–Crippen LogP) is 5.38. The largest absolute Gasteiger partial charge is 0.430 e. The third-order valence-electron chi connectivity index (χ3n) is 5.24. The fraction of sp³-hybridized carbons (Fsp3) is 0.417. The number of ether oxygens (including phenoxy) is 1. The molecule has 0 saturated heterocycles. The van der Waals surface area contributed by atoms with E-state index < -0.39 is 0 Å². The van der Waals surface area contributed by atoms with Gasteiger partial charge in [-0.15, -0.1) is 12.4 Å². The quantitative estimate of drug-likeness (QED) is 0.428. The van der Waals surface area contributed by atoms with Crippen molar-refractivity contribution in [3.63, 3.8) is 0 Å². The SMILES string of the molecule is Cc1ccc(-c2nsc(Oc3cc(C)c(CCN(C)CCN(C)C)cc3C)n2)cc1.Cl. The first kappa shape index (κ1) is 25.3. The van der Waals surface area contributed by atoms with Crippen molar-refractivity contribution in [3.8, 4) is 22.3 Å². The Morgan fingerprint density at radius 3 is 2.29 bits per heavy atom. The number of benzene rings is 2. The highest BCUT2D eigenvalue weighted by Gasteiger charge is 2.12. The zero-order chi connectivity index (χ0) is 21.7. The molecule has 2 aromatic carbocycles. The summed E-state index contributed by atoms with van der Waals surface area (Å²) in [5, 5.41) is 0.573. The average Bonchev–Trinajstić information content (AvgIpc) is 3.17. The van der Waals surface area contributed by atoms with Gasteiger partial charge in [-0.3, -0.25) is 0 Å². The number of hydrogen-bond donors (Lipinski definition) is 0. The zero-order valence-electron chi connectivity index (χ0n) is 19.3. The van der Waals surface area contributed by atoms with E-state index in [9.17, 15) is 0 Å². The predicted molar refractivity (Wildman–Crippen MR) is 133 cm³/mol. The van der Waals surface area contributed by atoms with Gasteiger partial charge in [0.05, 0.1) is 0 Å². The minimum absolute atomic E-state index is 0. The van der Waals surface area contributed by atoms with Gasteiger partial charge in [-0.25, -0.2) is 0 Å². The number of nitrogens with zero attached hydrogens (tertiary/aromatic N) is 4. The van der Waals surface area contributed by atoms with Crippen LogP contribution in [-0.4, -0.2) is 59.9 Å². The van der Waals surface area contributed by atoms with E-state index in [4.69, 9.17) is 4.74 Å². The molecule has 1 heterocycles. The van der Waals surface area contributed by atoms with Crippen LogP contribution in [0.4, 0.5) is 0 Å². The smallest absolute Gasteiger partial charge is 0.299 e. The summed E-state index contributed by atoms with van der Waals surface area (Å²) in [5.41, 5.74) is 5.97. The van der Waals surface area contributed by atoms with Crippen LogP contribution in [0.5, 0.6) is 10.9 Å². The molecule has 1 aromatic heterocycles. The molecule has 0 radical (unpaired) electrons. The van der Waals surface area contributed by atoms with Gasteiger partial charge in [-0.2, -0.15) is 9.36 Å². The van der Waals surface area contributed by atoms with Gasteiger partial charge < -0.3 is 14.5 Å². The molecule has 0 saturated carbocycles. The average molecular weight is 461 g/mol. The Hall–Kier alpha value is -1.99. The van der Waals surface area contributed by atoms with E-state index in [1.807, 2.05) is 12.1 Å². The standard InChI is InChI=1S/C24H32N4OS.ClH/c1-17-7-9-20(10-8-17)23-25-24(30-26-23)29-22-16-18(2)21(15-19(22)3)11-12-28(6)14-13-27(4)5;/h7-10,15-16H,11-14H2,1-6H3;1H. The second-order valence-electron chi connectivity index (χ2n) is 8.25. The summed E-state index contributed by atoms with van der Waals surface area (Å²) in [4.78, 5) is 9.17. The molecule has 7 heteroatoms. The summed E-state index contributed by atoms with van der Waals surface area (Å²) < 4.78 is 10.5. The Labute approximate surface area is 196 Å². The fourth-order valence-electron chi connectivity index (χ4n) is 3.19. The number of hydrogen-bond acceptors (Lipinski definition) is 6. The normalized spacial score (nSPS) is 11.1. The Balaban J connectivity index is 0.00000341. The molecule has 0 unspecified atom stereocenters. The lowest BCUT2D eigenvalue weighted by Gasteiger charge is -2.20. The molecule has 0 aliphatic rings. The molecule has 3 aromatic rings. The van der Waals surface area contributed by atoms with Gasteiger partial charge in [0.15, 0.2) is 5.82 Å². The van der Waals surface area contributed by atoms with Crippen LogP contribution in [0.1, 0.15) is 22.3 Å². The maximum atomic E-state index is 6.09. The monoisotopic (exact) mass is 460 g/mol. The van der Waals surface area contributed by atoms with Crippen LogP contribution in [0.2, 0.25) is 0 Å². The summed E-state index contributed by atoms with van der Waals surface area (Å²) in [5.74, 6) is 1.56. The highest BCUT2D eigenvalue weighted by molar-refractivity contribution is 7.07. The third kappa shape index (κ3) is 7.28. The number of halogens is 1. The van der Waals surface area contributed by atoms with Gasteiger partial charge in [0.2, 0.25) is 0 Å². The molecule has 0 bridgehead atoms. The van der Waals surface area contributed by atoms with E-state index >= 15 is 0 Å². The number of aryl methyl sites for hydroxylation is 3. The molecule has 3 rings (SSSR count). The molecule has 0 fully saturated rings. The van der Waals surface area contributed by atoms with Crippen LogP contribution < -0.4 is 4.74 Å². The third-order valence-corrected chi connectivity index (χ3v) is 5.83. The van der Waals surface area contributed by atoms with Gasteiger partial charge in [0.1, 0.15) is 5.75 Å². The van der Waals surface area contributed by atoms with Gasteiger partial charge >= 0.3 is 0 Å². The summed E-state index contributed by atoms with van der Waals surface area (Å²) in [6.45, 7) is 9.52. The van der Waals surface area contributed by atoms with E-state index in [0.717, 1.165) is 42.9 Å². The van der Waals surface area contributed by atoms with Gasteiger partial charge in [-0.1, -0.05) is 35.9 Å². The van der Waals surface area contributed by atoms with Crippen LogP contribution in [0.3, 0.4) is 0 Å². The first-order valence-corrected chi connectivity index (χ1v) is 11.1. The maximum Gasteiger partial charge on any atom is 0.299 e. The maximum absolute atomic E-state index is 6.09. The van der Waals surface area contributed by atoms with E-state index in [1.54, 1.807) is 0 Å². The summed E-state index contributed by atoms with van der Waals surface area (Å²) in [7, 11) is 6.41. The van der Waals surface area contributed by atoms with Crippen molar-refractivity contribution in [3.05, 3.63) is 58.7 Å². The van der Waals surface area contributed by atoms with Crippen molar-refractivity contribution in [2.45, 2.75) is 27.2 Å². The van der Waals surface area contributed by atoms with Crippen LogP contribution in [-0.2, 0) is 6.42 Å². The summed E-state index contributed by atoms with van der Waals surface area (Å²) in [6.07, 6.45) is 1.03. The molecular formula is C24H33ClN4OS. The number of rotatable bonds is 9. The van der Waals surface area contributed by atoms with Crippen LogP contribution in [0, 0.1) is 20.8 Å². The van der Waals surface area contributed by atoms with Gasteiger partial charge in [0, 0.05) is 36.7 Å². The van der Waals surface area contributed by atoms with Crippen molar-refractivity contribution >= 4 is 23.9 Å². The van der Waals surface area contributed by atoms with Crippen molar-refractivity contribution in [2.75, 3.05) is 40.8 Å². The Kier molecular flexibility index (Phi) is 9.44. The fourth-order valence-corrected chi connectivity index (χ4v) is 3.75. The van der Waals surface area contributed by atoms with E-state index in [2.05, 4.69) is 85.3 Å². The first-order valence-electron chi connectivity index (χ1n) is 10.3. The minimum atomic E-state index is 0. The minimum Gasteiger partial charge on any atom is -0.430 e. The van der Waals surface area contributed by atoms with Crippen molar-refractivity contribution in [1.82, 2.24) is 19.2 Å². The topological polar surface area (TPSA) is 41.5 Å². The molecular weight excluding hydrogens is 428 g/mol. The molecule has 0 N–H and O–H groups in total. The summed E-state index contributed by atoms with van der Waals surface area (Å²) in [6, 6.07) is 12.6. The van der Waals surface area contributed by atoms with Gasteiger partial charge in [-0.05, 0) is 71.1 Å². The van der Waals surface area contributed by atoms with E-state index in [0.29, 0.717) is 11.0 Å². The second-order valence-corrected chi connectivity index (χ2v) is 8.97. The lowest BCUT2D eigenvalue weighted by atomic mass is 10.0. The lowest BCUT2D eigenvalue weighted by Crippen LogP contribution is -2.30. The van der Waals surface area contributed by atoms with E-state index in [-0.39, 0.29) is 12.4 Å². The molecule has 31 heavy (non-hydrogen) atoms. The van der Waals surface area contributed by atoms with Crippen molar-refractivity contribution < 1.29 is 4.74 Å². The highest BCUT2D eigenvalue weighted by atomic mass is 35.5. The molecule has 0 spiro atoms. The van der Waals surface area contributed by atoms with Crippen molar-refractivity contribution in [1.29, 1.82) is 0 Å². The molecule has 5 nitrogen and oxygen atoms in total. The van der Waals surface area contributed by atoms with Crippen LogP contribution >= 0.6 is 23.9 Å². The molecule has 0 aliphatic heterocycles. The van der Waals surface area contributed by atoms with E-state index in [1.165, 1.54) is 28.2 Å². The Morgan fingerprint density at radius 2 is 1.61 bits per heavy atom. The molecule has 0 atom stereocenters. The number of likely N-dealkylation sites (N-methyl/N-ethyl adjacent to an activating group) is 2. The Bertz CT molecular complexity index is 972. The molecule has 168 valence electrons.